The first-order valence-electron chi connectivity index (χ1n) is 7.47. The average Bonchev–Trinajstić information content (AvgIpc) is 3.22. The summed E-state index contributed by atoms with van der Waals surface area (Å²) in [5.74, 6) is 0. The van der Waals surface area contributed by atoms with Gasteiger partial charge in [-0.15, -0.1) is 0 Å². The van der Waals surface area contributed by atoms with Gasteiger partial charge < -0.3 is 10.1 Å². The molecule has 0 bridgehead atoms. The Morgan fingerprint density at radius 1 is 1.44 bits per heavy atom. The summed E-state index contributed by atoms with van der Waals surface area (Å²) < 4.78 is 29.2. The molecule has 0 unspecified atom stereocenters. The summed E-state index contributed by atoms with van der Waals surface area (Å²) in [6, 6.07) is 7.08. The molecule has 0 radical (unpaired) electrons. The molecule has 3 rings (SSSR count). The van der Waals surface area contributed by atoms with E-state index in [-0.39, 0.29) is 11.5 Å². The number of aromatic amines is 1. The second-order valence-electron chi connectivity index (χ2n) is 6.24. The number of aromatic nitrogens is 3. The second kappa shape index (κ2) is 5.91. The molecule has 0 spiro atoms. The molecule has 25 heavy (non-hydrogen) atoms. The molecule has 130 valence electrons. The highest BCUT2D eigenvalue weighted by Gasteiger charge is 2.24. The number of hydrogen-bond donors (Lipinski definition) is 3. The Balaban J connectivity index is 1.98. The van der Waals surface area contributed by atoms with Crippen molar-refractivity contribution < 1.29 is 13.5 Å². The molecule has 0 fully saturated rings. The molecule has 0 atom stereocenters. The number of hydrogen-bond acceptors (Lipinski definition) is 5. The summed E-state index contributed by atoms with van der Waals surface area (Å²) in [6.07, 6.45) is 4.13. The van der Waals surface area contributed by atoms with Gasteiger partial charge in [-0.25, -0.2) is 8.42 Å². The molecule has 0 aliphatic heterocycles. The molecule has 2 heterocycles. The zero-order valence-corrected chi connectivity index (χ0v) is 14.5. The molecule has 8 nitrogen and oxygen atoms in total. The van der Waals surface area contributed by atoms with E-state index in [4.69, 9.17) is 5.26 Å². The highest BCUT2D eigenvalue weighted by molar-refractivity contribution is 7.92. The summed E-state index contributed by atoms with van der Waals surface area (Å²) in [6.45, 7) is 3.31. The Hall–Kier alpha value is -2.83. The number of nitrogens with one attached hydrogen (secondary N) is 2. The molecule has 3 aromatic rings. The predicted octanol–water partition coefficient (Wildman–Crippen LogP) is 1.76. The van der Waals surface area contributed by atoms with Gasteiger partial charge in [-0.05, 0) is 19.9 Å². The van der Waals surface area contributed by atoms with Gasteiger partial charge in [0.1, 0.15) is 11.0 Å². The van der Waals surface area contributed by atoms with Crippen molar-refractivity contribution in [1.29, 1.82) is 5.26 Å². The molecule has 0 saturated carbocycles. The molecule has 0 saturated heterocycles. The maximum absolute atomic E-state index is 12.6. The average molecular weight is 359 g/mol. The summed E-state index contributed by atoms with van der Waals surface area (Å²) in [5.41, 5.74) is 0.599. The van der Waals surface area contributed by atoms with Crippen molar-refractivity contribution >= 4 is 26.6 Å². The quantitative estimate of drug-likeness (QED) is 0.640. The highest BCUT2D eigenvalue weighted by atomic mass is 32.2. The third kappa shape index (κ3) is 2.97. The lowest BCUT2D eigenvalue weighted by atomic mass is 10.1. The second-order valence-corrected chi connectivity index (χ2v) is 7.92. The van der Waals surface area contributed by atoms with Crippen molar-refractivity contribution in [3.63, 3.8) is 0 Å². The summed E-state index contributed by atoms with van der Waals surface area (Å²) in [4.78, 5) is 2.90. The van der Waals surface area contributed by atoms with Crippen LogP contribution in [0.4, 0.5) is 5.69 Å². The maximum Gasteiger partial charge on any atom is 0.265 e. The van der Waals surface area contributed by atoms with Crippen molar-refractivity contribution in [1.82, 2.24) is 14.8 Å². The summed E-state index contributed by atoms with van der Waals surface area (Å²) in [7, 11) is -3.87. The number of aliphatic hydroxyl groups is 1. The van der Waals surface area contributed by atoms with Crippen molar-refractivity contribution in [3.05, 3.63) is 42.4 Å². The van der Waals surface area contributed by atoms with Gasteiger partial charge in [0.2, 0.25) is 0 Å². The number of H-pyrrole nitrogens is 1. The van der Waals surface area contributed by atoms with Crippen LogP contribution in [0.15, 0.2) is 41.7 Å². The van der Waals surface area contributed by atoms with Crippen LogP contribution in [0.5, 0.6) is 0 Å². The number of rotatable bonds is 5. The number of benzene rings is 1. The van der Waals surface area contributed by atoms with E-state index >= 15 is 0 Å². The molecule has 9 heteroatoms. The van der Waals surface area contributed by atoms with Gasteiger partial charge in [-0.2, -0.15) is 10.4 Å². The lowest BCUT2D eigenvalue weighted by Gasteiger charge is -2.21. The van der Waals surface area contributed by atoms with Crippen molar-refractivity contribution in [2.24, 2.45) is 0 Å². The van der Waals surface area contributed by atoms with Gasteiger partial charge in [-0.3, -0.25) is 9.40 Å². The third-order valence-electron chi connectivity index (χ3n) is 3.96. The van der Waals surface area contributed by atoms with Crippen LogP contribution in [0.2, 0.25) is 0 Å². The normalized spacial score (nSPS) is 12.2. The number of para-hydroxylation sites is 1. The first-order chi connectivity index (χ1) is 11.8. The minimum Gasteiger partial charge on any atom is -0.394 e. The monoisotopic (exact) mass is 359 g/mol. The van der Waals surface area contributed by atoms with Gasteiger partial charge in [0.15, 0.2) is 0 Å². The molecule has 1 aromatic carbocycles. The fourth-order valence-corrected chi connectivity index (χ4v) is 3.39. The van der Waals surface area contributed by atoms with Crippen LogP contribution in [0.3, 0.4) is 0 Å². The molecule has 0 amide bonds. The van der Waals surface area contributed by atoms with E-state index in [1.807, 2.05) is 0 Å². The van der Waals surface area contributed by atoms with E-state index in [2.05, 4.69) is 20.9 Å². The van der Waals surface area contributed by atoms with Crippen LogP contribution in [0.25, 0.3) is 10.9 Å². The predicted molar refractivity (Wildman–Crippen MR) is 92.5 cm³/mol. The van der Waals surface area contributed by atoms with Gasteiger partial charge in [0.05, 0.1) is 35.1 Å². The standard InChI is InChI=1S/C16H17N5O3S/c1-16(2,10-22)21-9-12(8-19-21)25(23,24)20-14-5-3-4-13-11(6-17)7-18-15(13)14/h3-5,7-9,18,20,22H,10H2,1-2H3. The Kier molecular flexibility index (Phi) is 4.02. The van der Waals surface area contributed by atoms with Crippen LogP contribution in [-0.4, -0.2) is 34.9 Å². The minimum absolute atomic E-state index is 0.0157. The molecule has 0 aliphatic carbocycles. The zero-order valence-electron chi connectivity index (χ0n) is 13.7. The minimum atomic E-state index is -3.87. The number of anilines is 1. The van der Waals surface area contributed by atoms with E-state index < -0.39 is 15.6 Å². The number of fused-ring (bicyclic) bond motifs is 1. The fraction of sp³-hybridized carbons (Fsp3) is 0.250. The highest BCUT2D eigenvalue weighted by Crippen LogP contribution is 2.27. The smallest absolute Gasteiger partial charge is 0.265 e. The SMILES string of the molecule is CC(C)(CO)n1cc(S(=O)(=O)Nc2cccc3c(C#N)c[nH]c23)cn1. The lowest BCUT2D eigenvalue weighted by Crippen LogP contribution is -2.30. The first kappa shape index (κ1) is 17.0. The number of sulfonamides is 1. The Morgan fingerprint density at radius 3 is 2.88 bits per heavy atom. The van der Waals surface area contributed by atoms with Gasteiger partial charge in [0.25, 0.3) is 10.0 Å². The molecule has 0 aliphatic rings. The van der Waals surface area contributed by atoms with Gasteiger partial charge in [0, 0.05) is 17.8 Å². The Labute approximate surface area is 144 Å². The summed E-state index contributed by atoms with van der Waals surface area (Å²) in [5, 5.41) is 23.1. The van der Waals surface area contributed by atoms with Crippen molar-refractivity contribution in [3.8, 4) is 6.07 Å². The fourth-order valence-electron chi connectivity index (χ4n) is 2.38. The molecule has 3 N–H and O–H groups in total. The van der Waals surface area contributed by atoms with Crippen LogP contribution in [-0.2, 0) is 15.6 Å². The van der Waals surface area contributed by atoms with E-state index in [9.17, 15) is 13.5 Å². The lowest BCUT2D eigenvalue weighted by molar-refractivity contribution is 0.152. The summed E-state index contributed by atoms with van der Waals surface area (Å²) >= 11 is 0. The van der Waals surface area contributed by atoms with Crippen LogP contribution < -0.4 is 4.72 Å². The number of nitrogens with zero attached hydrogens (tertiary/aromatic N) is 3. The largest absolute Gasteiger partial charge is 0.394 e. The Morgan fingerprint density at radius 2 is 2.20 bits per heavy atom. The first-order valence-corrected chi connectivity index (χ1v) is 8.96. The third-order valence-corrected chi connectivity index (χ3v) is 5.28. The molecular formula is C16H17N5O3S. The van der Waals surface area contributed by atoms with Crippen molar-refractivity contribution in [2.45, 2.75) is 24.3 Å². The topological polar surface area (TPSA) is 124 Å². The molecular weight excluding hydrogens is 342 g/mol. The van der Waals surface area contributed by atoms with Crippen LogP contribution >= 0.6 is 0 Å². The van der Waals surface area contributed by atoms with E-state index in [0.717, 1.165) is 0 Å². The van der Waals surface area contributed by atoms with Gasteiger partial charge >= 0.3 is 0 Å². The van der Waals surface area contributed by atoms with E-state index in [1.54, 1.807) is 32.0 Å². The number of aliphatic hydroxyl groups excluding tert-OH is 1. The van der Waals surface area contributed by atoms with E-state index in [1.165, 1.54) is 23.3 Å². The molecule has 2 aromatic heterocycles. The maximum atomic E-state index is 12.6. The van der Waals surface area contributed by atoms with Crippen LogP contribution in [0.1, 0.15) is 19.4 Å². The Bertz CT molecular complexity index is 1070. The van der Waals surface area contributed by atoms with Crippen LogP contribution in [0, 0.1) is 11.3 Å². The van der Waals surface area contributed by atoms with E-state index in [0.29, 0.717) is 22.2 Å². The number of nitriles is 1. The van der Waals surface area contributed by atoms with Crippen molar-refractivity contribution in [2.75, 3.05) is 11.3 Å². The van der Waals surface area contributed by atoms with Gasteiger partial charge in [-0.1, -0.05) is 12.1 Å². The zero-order chi connectivity index (χ0) is 18.2.